The van der Waals surface area contributed by atoms with Crippen LogP contribution in [0.2, 0.25) is 0 Å². The molecule has 0 aliphatic carbocycles. The molecule has 1 aromatic rings. The lowest BCUT2D eigenvalue weighted by molar-refractivity contribution is -0.383. The number of anilines is 1. The molecule has 0 radical (unpaired) electrons. The number of hydrogen-bond acceptors (Lipinski definition) is 5. The Morgan fingerprint density at radius 2 is 2.29 bits per heavy atom. The summed E-state index contributed by atoms with van der Waals surface area (Å²) in [6.45, 7) is 2.63. The van der Waals surface area contributed by atoms with Gasteiger partial charge < -0.3 is 15.4 Å². The van der Waals surface area contributed by atoms with Crippen LogP contribution >= 0.6 is 0 Å². The predicted octanol–water partition coefficient (Wildman–Crippen LogP) is 1.93. The molecule has 7 nitrogen and oxygen atoms in total. The lowest BCUT2D eigenvalue weighted by Crippen LogP contribution is -2.40. The van der Waals surface area contributed by atoms with Crippen molar-refractivity contribution in [2.24, 2.45) is 0 Å². The van der Waals surface area contributed by atoms with Gasteiger partial charge in [-0.1, -0.05) is 0 Å². The number of nitro groups is 1. The minimum absolute atomic E-state index is 0.0377. The first-order valence-corrected chi connectivity index (χ1v) is 6.91. The van der Waals surface area contributed by atoms with Crippen LogP contribution in [0.25, 0.3) is 0 Å². The van der Waals surface area contributed by atoms with Crippen molar-refractivity contribution in [1.82, 2.24) is 5.32 Å². The Morgan fingerprint density at radius 1 is 1.52 bits per heavy atom. The quantitative estimate of drug-likeness (QED) is 0.639. The average molecular weight is 293 g/mol. The summed E-state index contributed by atoms with van der Waals surface area (Å²) in [6.07, 6.45) is 1.98. The van der Waals surface area contributed by atoms with Gasteiger partial charge in [0, 0.05) is 25.3 Å². The molecule has 2 unspecified atom stereocenters. The number of nitrogens with zero attached hydrogens (tertiary/aromatic N) is 1. The van der Waals surface area contributed by atoms with Gasteiger partial charge in [-0.2, -0.15) is 0 Å². The van der Waals surface area contributed by atoms with E-state index in [-0.39, 0.29) is 23.7 Å². The van der Waals surface area contributed by atoms with Crippen molar-refractivity contribution in [2.45, 2.75) is 31.9 Å². The molecule has 2 N–H and O–H groups in total. The van der Waals surface area contributed by atoms with Crippen molar-refractivity contribution in [3.05, 3.63) is 33.9 Å². The number of rotatable bonds is 5. The van der Waals surface area contributed by atoms with E-state index in [1.54, 1.807) is 7.05 Å². The van der Waals surface area contributed by atoms with Crippen molar-refractivity contribution >= 4 is 17.3 Å². The molecule has 0 bridgehead atoms. The number of nitrogens with one attached hydrogen (secondary N) is 2. The standard InChI is InChI=1S/C14H19N3O4/c1-9(13-4-3-7-21-13)16-14(18)10-5-6-12(17(19)20)11(8-10)15-2/h5-6,8-9,13,15H,3-4,7H2,1-2H3,(H,16,18). The van der Waals surface area contributed by atoms with E-state index in [4.69, 9.17) is 4.74 Å². The summed E-state index contributed by atoms with van der Waals surface area (Å²) in [5, 5.41) is 16.5. The molecule has 0 spiro atoms. The van der Waals surface area contributed by atoms with Gasteiger partial charge in [0.05, 0.1) is 17.1 Å². The van der Waals surface area contributed by atoms with E-state index in [1.807, 2.05) is 6.92 Å². The molecule has 1 amide bonds. The molecule has 1 heterocycles. The van der Waals surface area contributed by atoms with Gasteiger partial charge in [-0.15, -0.1) is 0 Å². The molecule has 114 valence electrons. The van der Waals surface area contributed by atoms with E-state index >= 15 is 0 Å². The normalized spacial score (nSPS) is 19.0. The second-order valence-electron chi connectivity index (χ2n) is 5.05. The Kier molecular flexibility index (Phi) is 4.74. The van der Waals surface area contributed by atoms with Gasteiger partial charge in [-0.25, -0.2) is 0 Å². The third-order valence-electron chi connectivity index (χ3n) is 3.61. The molecule has 1 aromatic carbocycles. The maximum atomic E-state index is 12.2. The summed E-state index contributed by atoms with van der Waals surface area (Å²) < 4.78 is 5.53. The van der Waals surface area contributed by atoms with Crippen molar-refractivity contribution in [1.29, 1.82) is 0 Å². The molecular weight excluding hydrogens is 274 g/mol. The van der Waals surface area contributed by atoms with Gasteiger partial charge >= 0.3 is 0 Å². The van der Waals surface area contributed by atoms with Crippen LogP contribution < -0.4 is 10.6 Å². The monoisotopic (exact) mass is 293 g/mol. The lowest BCUT2D eigenvalue weighted by Gasteiger charge is -2.20. The summed E-state index contributed by atoms with van der Waals surface area (Å²) >= 11 is 0. The SMILES string of the molecule is CNc1cc(C(=O)NC(C)C2CCCO2)ccc1[N+](=O)[O-]. The molecule has 1 fully saturated rings. The Balaban J connectivity index is 2.10. The van der Waals surface area contributed by atoms with Crippen molar-refractivity contribution < 1.29 is 14.5 Å². The van der Waals surface area contributed by atoms with Crippen LogP contribution in [-0.4, -0.2) is 36.6 Å². The molecule has 0 aromatic heterocycles. The maximum Gasteiger partial charge on any atom is 0.292 e. The average Bonchev–Trinajstić information content (AvgIpc) is 3.00. The van der Waals surface area contributed by atoms with Gasteiger partial charge in [-0.05, 0) is 31.9 Å². The predicted molar refractivity (Wildman–Crippen MR) is 78.5 cm³/mol. The largest absolute Gasteiger partial charge is 0.383 e. The maximum absolute atomic E-state index is 12.2. The van der Waals surface area contributed by atoms with Gasteiger partial charge in [0.2, 0.25) is 0 Å². The highest BCUT2D eigenvalue weighted by Crippen LogP contribution is 2.25. The molecule has 2 atom stereocenters. The Bertz CT molecular complexity index is 541. The minimum atomic E-state index is -0.484. The van der Waals surface area contributed by atoms with E-state index in [2.05, 4.69) is 10.6 Å². The smallest absolute Gasteiger partial charge is 0.292 e. The molecule has 0 saturated carbocycles. The number of carbonyl (C=O) groups excluding carboxylic acids is 1. The highest BCUT2D eigenvalue weighted by Gasteiger charge is 2.24. The third-order valence-corrected chi connectivity index (χ3v) is 3.61. The molecule has 1 aliphatic heterocycles. The zero-order valence-electron chi connectivity index (χ0n) is 12.1. The molecule has 2 rings (SSSR count). The fourth-order valence-electron chi connectivity index (χ4n) is 2.42. The molecular formula is C14H19N3O4. The van der Waals surface area contributed by atoms with Crippen molar-refractivity contribution in [3.8, 4) is 0 Å². The summed E-state index contributed by atoms with van der Waals surface area (Å²) in [4.78, 5) is 22.6. The van der Waals surface area contributed by atoms with Crippen LogP contribution in [0.5, 0.6) is 0 Å². The summed E-state index contributed by atoms with van der Waals surface area (Å²) in [5.74, 6) is -0.260. The fourth-order valence-corrected chi connectivity index (χ4v) is 2.42. The van der Waals surface area contributed by atoms with Gasteiger partial charge in [0.15, 0.2) is 0 Å². The zero-order valence-corrected chi connectivity index (χ0v) is 12.1. The van der Waals surface area contributed by atoms with Gasteiger partial charge in [-0.3, -0.25) is 14.9 Å². The van der Waals surface area contributed by atoms with Crippen LogP contribution in [0.15, 0.2) is 18.2 Å². The lowest BCUT2D eigenvalue weighted by atomic mass is 10.1. The van der Waals surface area contributed by atoms with Crippen molar-refractivity contribution in [3.63, 3.8) is 0 Å². The summed E-state index contributed by atoms with van der Waals surface area (Å²) in [6, 6.07) is 4.18. The van der Waals surface area contributed by atoms with Gasteiger partial charge in [0.1, 0.15) is 5.69 Å². The molecule has 1 saturated heterocycles. The van der Waals surface area contributed by atoms with E-state index in [0.717, 1.165) is 19.4 Å². The van der Waals surface area contributed by atoms with E-state index in [0.29, 0.717) is 11.3 Å². The first kappa shape index (κ1) is 15.2. The van der Waals surface area contributed by atoms with E-state index < -0.39 is 4.92 Å². The summed E-state index contributed by atoms with van der Waals surface area (Å²) in [7, 11) is 1.58. The number of nitro benzene ring substituents is 1. The van der Waals surface area contributed by atoms with Gasteiger partial charge in [0.25, 0.3) is 11.6 Å². The topological polar surface area (TPSA) is 93.5 Å². The molecule has 7 heteroatoms. The second kappa shape index (κ2) is 6.53. The number of amides is 1. The Morgan fingerprint density at radius 3 is 2.86 bits per heavy atom. The van der Waals surface area contributed by atoms with Crippen LogP contribution in [0, 0.1) is 10.1 Å². The Labute approximate surface area is 122 Å². The van der Waals surface area contributed by atoms with Crippen molar-refractivity contribution in [2.75, 3.05) is 19.0 Å². The number of hydrogen-bond donors (Lipinski definition) is 2. The minimum Gasteiger partial charge on any atom is -0.383 e. The second-order valence-corrected chi connectivity index (χ2v) is 5.05. The fraction of sp³-hybridized carbons (Fsp3) is 0.500. The van der Waals surface area contributed by atoms with Crippen LogP contribution in [0.3, 0.4) is 0 Å². The molecule has 21 heavy (non-hydrogen) atoms. The number of ether oxygens (including phenoxy) is 1. The number of benzene rings is 1. The van der Waals surface area contributed by atoms with E-state index in [1.165, 1.54) is 18.2 Å². The molecule has 1 aliphatic rings. The van der Waals surface area contributed by atoms with Crippen LogP contribution in [-0.2, 0) is 4.74 Å². The van der Waals surface area contributed by atoms with E-state index in [9.17, 15) is 14.9 Å². The highest BCUT2D eigenvalue weighted by atomic mass is 16.6. The first-order chi connectivity index (χ1) is 10.0. The first-order valence-electron chi connectivity index (χ1n) is 6.91. The highest BCUT2D eigenvalue weighted by molar-refractivity contribution is 5.96. The van der Waals surface area contributed by atoms with Crippen LogP contribution in [0.1, 0.15) is 30.1 Å². The third kappa shape index (κ3) is 3.49. The van der Waals surface area contributed by atoms with Crippen LogP contribution in [0.4, 0.5) is 11.4 Å². The number of carbonyl (C=O) groups is 1. The zero-order chi connectivity index (χ0) is 15.4. The summed E-state index contributed by atoms with van der Waals surface area (Å²) in [5.41, 5.74) is 0.647. The Hall–Kier alpha value is -2.15.